The highest BCUT2D eigenvalue weighted by Gasteiger charge is 2.04. The van der Waals surface area contributed by atoms with E-state index in [-0.39, 0.29) is 17.4 Å². The number of phenols is 1. The van der Waals surface area contributed by atoms with Crippen LogP contribution in [0.3, 0.4) is 0 Å². The molecule has 0 aliphatic carbocycles. The minimum absolute atomic E-state index is 0.106. The number of aliphatic hydroxyl groups is 1. The number of ether oxygens (including phenoxy) is 1. The van der Waals surface area contributed by atoms with Gasteiger partial charge in [0.1, 0.15) is 0 Å². The predicted octanol–water partition coefficient (Wildman–Crippen LogP) is 0.539. The monoisotopic (exact) mass is 227 g/mol. The molecule has 0 radical (unpaired) electrons. The summed E-state index contributed by atoms with van der Waals surface area (Å²) in [6.07, 6.45) is 0.243. The maximum Gasteiger partial charge on any atom is 0.168 e. The molecule has 0 aliphatic heterocycles. The first kappa shape index (κ1) is 14.4. The van der Waals surface area contributed by atoms with Crippen molar-refractivity contribution in [1.29, 1.82) is 0 Å². The summed E-state index contributed by atoms with van der Waals surface area (Å²) < 4.78 is 4.78. The fourth-order valence-corrected chi connectivity index (χ4v) is 0.799. The van der Waals surface area contributed by atoms with Crippen LogP contribution in [0.4, 0.5) is 0 Å². The molecule has 1 unspecified atom stereocenters. The molecule has 0 fully saturated rings. The van der Waals surface area contributed by atoms with E-state index in [1.54, 1.807) is 19.1 Å². The average Bonchev–Trinajstić information content (AvgIpc) is 2.30. The molecule has 5 heteroatoms. The molecular weight excluding hydrogens is 210 g/mol. The molecule has 1 rings (SSSR count). The highest BCUT2D eigenvalue weighted by molar-refractivity contribution is 5.80. The molecule has 16 heavy (non-hydrogen) atoms. The number of carbonyl (C=O) groups is 1. The SMILES string of the molecule is CC(O)CN.COc1cccc(C=O)c1O. The number of phenolic OH excluding ortho intramolecular Hbond substituents is 1. The van der Waals surface area contributed by atoms with Gasteiger partial charge in [0.2, 0.25) is 0 Å². The topological polar surface area (TPSA) is 92.8 Å². The van der Waals surface area contributed by atoms with Crippen LogP contribution in [0.25, 0.3) is 0 Å². The third-order valence-corrected chi connectivity index (χ3v) is 1.72. The maximum atomic E-state index is 10.3. The molecule has 90 valence electrons. The van der Waals surface area contributed by atoms with Crippen LogP contribution in [-0.2, 0) is 0 Å². The largest absolute Gasteiger partial charge is 0.504 e. The molecule has 0 aliphatic rings. The predicted molar refractivity (Wildman–Crippen MR) is 60.8 cm³/mol. The van der Waals surface area contributed by atoms with Crippen LogP contribution in [-0.4, -0.2) is 36.3 Å². The number of aldehydes is 1. The van der Waals surface area contributed by atoms with Crippen LogP contribution in [0, 0.1) is 0 Å². The summed E-state index contributed by atoms with van der Waals surface area (Å²) in [6.45, 7) is 2.01. The fourth-order valence-electron chi connectivity index (χ4n) is 0.799. The zero-order valence-corrected chi connectivity index (χ0v) is 9.38. The number of benzene rings is 1. The number of hydrogen-bond donors (Lipinski definition) is 3. The quantitative estimate of drug-likeness (QED) is 0.655. The second-order valence-electron chi connectivity index (χ2n) is 3.10. The molecule has 0 amide bonds. The summed E-state index contributed by atoms with van der Waals surface area (Å²) in [7, 11) is 1.43. The van der Waals surface area contributed by atoms with Gasteiger partial charge in [0.25, 0.3) is 0 Å². The third kappa shape index (κ3) is 4.77. The Bertz CT molecular complexity index is 326. The van der Waals surface area contributed by atoms with Crippen molar-refractivity contribution in [2.24, 2.45) is 5.73 Å². The van der Waals surface area contributed by atoms with E-state index in [0.717, 1.165) is 0 Å². The van der Waals surface area contributed by atoms with Crippen molar-refractivity contribution in [1.82, 2.24) is 0 Å². The van der Waals surface area contributed by atoms with Gasteiger partial charge in [0, 0.05) is 6.54 Å². The number of carbonyl (C=O) groups excluding carboxylic acids is 1. The molecule has 5 nitrogen and oxygen atoms in total. The summed E-state index contributed by atoms with van der Waals surface area (Å²) in [5.74, 6) is 0.208. The Morgan fingerprint density at radius 2 is 2.12 bits per heavy atom. The molecule has 1 atom stereocenters. The molecule has 0 saturated carbocycles. The van der Waals surface area contributed by atoms with Gasteiger partial charge in [0.15, 0.2) is 17.8 Å². The maximum absolute atomic E-state index is 10.3. The summed E-state index contributed by atoms with van der Waals surface area (Å²) in [4.78, 5) is 10.3. The smallest absolute Gasteiger partial charge is 0.168 e. The third-order valence-electron chi connectivity index (χ3n) is 1.72. The molecular formula is C11H17NO4. The lowest BCUT2D eigenvalue weighted by Crippen LogP contribution is -2.14. The zero-order valence-electron chi connectivity index (χ0n) is 9.38. The number of aromatic hydroxyl groups is 1. The molecule has 1 aromatic carbocycles. The first-order chi connectivity index (χ1) is 7.56. The summed E-state index contributed by atoms with van der Waals surface area (Å²) in [6, 6.07) is 4.75. The van der Waals surface area contributed by atoms with E-state index < -0.39 is 0 Å². The molecule has 0 aromatic heterocycles. The van der Waals surface area contributed by atoms with Crippen LogP contribution in [0.1, 0.15) is 17.3 Å². The normalized spacial score (nSPS) is 11.0. The van der Waals surface area contributed by atoms with Crippen molar-refractivity contribution in [2.45, 2.75) is 13.0 Å². The molecule has 1 aromatic rings. The van der Waals surface area contributed by atoms with Gasteiger partial charge in [-0.05, 0) is 19.1 Å². The van der Waals surface area contributed by atoms with E-state index in [2.05, 4.69) is 0 Å². The van der Waals surface area contributed by atoms with E-state index in [1.807, 2.05) is 0 Å². The number of nitrogens with two attached hydrogens (primary N) is 1. The van der Waals surface area contributed by atoms with Gasteiger partial charge >= 0.3 is 0 Å². The standard InChI is InChI=1S/C8H8O3.C3H9NO/c1-11-7-4-2-3-6(5-9)8(7)10;1-3(5)2-4/h2-5,10H,1H3;3,5H,2,4H2,1H3. The lowest BCUT2D eigenvalue weighted by atomic mass is 10.2. The van der Waals surface area contributed by atoms with E-state index in [0.29, 0.717) is 18.6 Å². The van der Waals surface area contributed by atoms with Crippen molar-refractivity contribution in [3.05, 3.63) is 23.8 Å². The summed E-state index contributed by atoms with van der Waals surface area (Å²) >= 11 is 0. The van der Waals surface area contributed by atoms with Crippen LogP contribution >= 0.6 is 0 Å². The van der Waals surface area contributed by atoms with Crippen molar-refractivity contribution in [3.63, 3.8) is 0 Å². The second kappa shape index (κ2) is 7.67. The molecule has 0 heterocycles. The number of rotatable bonds is 3. The van der Waals surface area contributed by atoms with Crippen molar-refractivity contribution >= 4 is 6.29 Å². The fraction of sp³-hybridized carbons (Fsp3) is 0.364. The summed E-state index contributed by atoms with van der Waals surface area (Å²) in [5.41, 5.74) is 5.16. The van der Waals surface area contributed by atoms with Crippen molar-refractivity contribution < 1.29 is 19.7 Å². The Morgan fingerprint density at radius 3 is 2.50 bits per heavy atom. The lowest BCUT2D eigenvalue weighted by molar-refractivity contribution is 0.112. The van der Waals surface area contributed by atoms with E-state index in [1.165, 1.54) is 13.2 Å². The number of methoxy groups -OCH3 is 1. The Kier molecular flexibility index (Phi) is 6.91. The van der Waals surface area contributed by atoms with Crippen LogP contribution < -0.4 is 10.5 Å². The van der Waals surface area contributed by atoms with Gasteiger partial charge in [-0.15, -0.1) is 0 Å². The van der Waals surface area contributed by atoms with Gasteiger partial charge in [-0.25, -0.2) is 0 Å². The van der Waals surface area contributed by atoms with Gasteiger partial charge in [-0.3, -0.25) is 4.79 Å². The number of para-hydroxylation sites is 1. The van der Waals surface area contributed by atoms with Crippen LogP contribution in [0.2, 0.25) is 0 Å². The highest BCUT2D eigenvalue weighted by atomic mass is 16.5. The number of aliphatic hydroxyl groups excluding tert-OH is 1. The van der Waals surface area contributed by atoms with E-state index >= 15 is 0 Å². The van der Waals surface area contributed by atoms with Gasteiger partial charge in [-0.1, -0.05) is 6.07 Å². The van der Waals surface area contributed by atoms with Gasteiger partial charge < -0.3 is 20.7 Å². The Morgan fingerprint density at radius 1 is 1.56 bits per heavy atom. The zero-order chi connectivity index (χ0) is 12.6. The minimum atomic E-state index is -0.338. The Hall–Kier alpha value is -1.59. The van der Waals surface area contributed by atoms with Crippen molar-refractivity contribution in [2.75, 3.05) is 13.7 Å². The van der Waals surface area contributed by atoms with Crippen LogP contribution in [0.5, 0.6) is 11.5 Å². The lowest BCUT2D eigenvalue weighted by Gasteiger charge is -2.02. The van der Waals surface area contributed by atoms with E-state index in [4.69, 9.17) is 15.6 Å². The number of hydrogen-bond acceptors (Lipinski definition) is 5. The van der Waals surface area contributed by atoms with Gasteiger partial charge in [0.05, 0.1) is 18.8 Å². The first-order valence-electron chi connectivity index (χ1n) is 4.76. The van der Waals surface area contributed by atoms with Gasteiger partial charge in [-0.2, -0.15) is 0 Å². The molecule has 4 N–H and O–H groups in total. The van der Waals surface area contributed by atoms with Crippen LogP contribution in [0.15, 0.2) is 18.2 Å². The molecule has 0 spiro atoms. The molecule has 0 saturated heterocycles. The second-order valence-corrected chi connectivity index (χ2v) is 3.10. The first-order valence-corrected chi connectivity index (χ1v) is 4.76. The van der Waals surface area contributed by atoms with Crippen molar-refractivity contribution in [3.8, 4) is 11.5 Å². The Labute approximate surface area is 94.5 Å². The molecule has 0 bridgehead atoms. The average molecular weight is 227 g/mol. The minimum Gasteiger partial charge on any atom is -0.504 e. The Balaban J connectivity index is 0.000000385. The highest BCUT2D eigenvalue weighted by Crippen LogP contribution is 2.27. The van der Waals surface area contributed by atoms with E-state index in [9.17, 15) is 9.90 Å². The summed E-state index contributed by atoms with van der Waals surface area (Å²) in [5, 5.41) is 17.5.